The van der Waals surface area contributed by atoms with Gasteiger partial charge in [0.05, 0.1) is 0 Å². The van der Waals surface area contributed by atoms with Crippen molar-refractivity contribution in [3.8, 4) is 0 Å². The molecule has 0 aliphatic heterocycles. The molecule has 0 amide bonds. The molecule has 4 heavy (non-hydrogen) atoms. The van der Waals surface area contributed by atoms with Crippen molar-refractivity contribution in [1.29, 1.82) is 0 Å². The summed E-state index contributed by atoms with van der Waals surface area (Å²) in [4.78, 5) is 0. The third-order valence-electron chi connectivity index (χ3n) is 0. The van der Waals surface area contributed by atoms with Crippen molar-refractivity contribution in [1.82, 2.24) is 0 Å². The number of hydrogen-bond acceptors (Lipinski definition) is 0. The molecule has 0 heterocycles. The second kappa shape index (κ2) is 16.0. The van der Waals surface area contributed by atoms with Crippen molar-refractivity contribution in [2.45, 2.75) is 0 Å². The predicted molar refractivity (Wildman–Crippen MR) is 21.6 cm³/mol. The van der Waals surface area contributed by atoms with Crippen LogP contribution < -0.4 is 0 Å². The Kier molecular flexibility index (Phi) is 102. The number of hydrogen-bond donors (Lipinski definition) is 0. The topological polar surface area (TPSA) is 0 Å². The van der Waals surface area contributed by atoms with E-state index >= 15 is 0 Å². The van der Waals surface area contributed by atoms with E-state index in [1.807, 2.05) is 0 Å². The molecule has 0 aromatic heterocycles. The minimum atomic E-state index is 0. The van der Waals surface area contributed by atoms with Crippen LogP contribution in [-0.4, -0.2) is 51.4 Å². The maximum atomic E-state index is 0. The Hall–Kier alpha value is 3.59. The molecule has 0 radical (unpaired) electrons. The van der Waals surface area contributed by atoms with Gasteiger partial charge in [0.2, 0.25) is 0 Å². The summed E-state index contributed by atoms with van der Waals surface area (Å²) >= 11 is 0. The van der Waals surface area contributed by atoms with E-state index < -0.39 is 0 Å². The zero-order valence-electron chi connectivity index (χ0n) is 1.32. The molecule has 0 atom stereocenters. The molecule has 0 aromatic carbocycles. The minimum absolute atomic E-state index is 0. The molecule has 22 valence electrons. The van der Waals surface area contributed by atoms with Crippen molar-refractivity contribution in [3.63, 3.8) is 0 Å². The summed E-state index contributed by atoms with van der Waals surface area (Å²) in [6.07, 6.45) is 0. The first-order valence-corrected chi connectivity index (χ1v) is 0. The molecule has 0 rings (SSSR count). The second-order valence-electron chi connectivity index (χ2n) is 0. The van der Waals surface area contributed by atoms with E-state index in [1.54, 1.807) is 0 Å². The molecule has 0 aliphatic rings. The summed E-state index contributed by atoms with van der Waals surface area (Å²) < 4.78 is 0. The third-order valence-corrected chi connectivity index (χ3v) is 0. The zero-order chi connectivity index (χ0) is 0. The molecule has 0 nitrogen and oxygen atoms in total. The molecule has 0 N–H and O–H groups in total. The van der Waals surface area contributed by atoms with E-state index in [9.17, 15) is 0 Å². The van der Waals surface area contributed by atoms with Gasteiger partial charge >= 0.3 is 51.4 Å². The summed E-state index contributed by atoms with van der Waals surface area (Å²) in [5.74, 6) is 0. The van der Waals surface area contributed by atoms with Crippen LogP contribution in [0.1, 0.15) is 0 Å². The summed E-state index contributed by atoms with van der Waals surface area (Å²) in [5, 5.41) is 0. The van der Waals surface area contributed by atoms with E-state index in [2.05, 4.69) is 0 Å². The summed E-state index contributed by atoms with van der Waals surface area (Å²) in [7, 11) is 0. The third kappa shape index (κ3) is 9.14. The fraction of sp³-hybridized carbons (Fsp3) is 0. The van der Waals surface area contributed by atoms with E-state index in [4.69, 9.17) is 0 Å². The molecule has 0 aliphatic carbocycles. The maximum absolute atomic E-state index is 0. The normalized spacial score (nSPS) is 0. The van der Waals surface area contributed by atoms with E-state index in [1.165, 1.54) is 0 Å². The van der Waals surface area contributed by atoms with Gasteiger partial charge in [0.25, 0.3) is 0 Å². The van der Waals surface area contributed by atoms with E-state index in [0.717, 1.165) is 0 Å². The van der Waals surface area contributed by atoms with Crippen LogP contribution in [0.25, 0.3) is 0 Å². The molecule has 0 unspecified atom stereocenters. The van der Waals surface area contributed by atoms with Gasteiger partial charge in [-0.2, -0.15) is 0 Å². The molecule has 0 spiro atoms. The molecule has 4 heteroatoms. The summed E-state index contributed by atoms with van der Waals surface area (Å²) in [6, 6.07) is 0. The van der Waals surface area contributed by atoms with Crippen LogP contribution in [0.15, 0.2) is 0 Å². The average molecular weight is 253 g/mol. The molecular weight excluding hydrogens is 250 g/mol. The molecular formula is H3CeCl2K. The van der Waals surface area contributed by atoms with Gasteiger partial charge in [-0.1, -0.05) is 0 Å². The predicted octanol–water partition coefficient (Wildman–Crippen LogP) is 0.195. The Bertz CT molecular complexity index is 6.00. The van der Waals surface area contributed by atoms with Gasteiger partial charge < -0.3 is 0 Å². The first-order chi connectivity index (χ1) is 0. The van der Waals surface area contributed by atoms with Crippen LogP contribution in [-0.2, 0) is 0 Å². The van der Waals surface area contributed by atoms with E-state index in [0.29, 0.717) is 0 Å². The van der Waals surface area contributed by atoms with Crippen molar-refractivity contribution in [3.05, 3.63) is 0 Å². The first-order valence-electron chi connectivity index (χ1n) is 0. The van der Waals surface area contributed by atoms with Gasteiger partial charge in [0, 0.05) is 41.7 Å². The van der Waals surface area contributed by atoms with Crippen LogP contribution in [0, 0.1) is 41.7 Å². The molecule has 0 aromatic rings. The second-order valence-corrected chi connectivity index (χ2v) is 0. The van der Waals surface area contributed by atoms with E-state index in [-0.39, 0.29) is 118 Å². The molecule has 0 bridgehead atoms. The Morgan fingerprint density at radius 3 is 0.750 bits per heavy atom. The Labute approximate surface area is 114 Å². The fourth-order valence-corrected chi connectivity index (χ4v) is 0. The van der Waals surface area contributed by atoms with Crippen LogP contribution in [0.5, 0.6) is 0 Å². The van der Waals surface area contributed by atoms with Gasteiger partial charge in [-0.3, -0.25) is 0 Å². The first kappa shape index (κ1) is 25.6. The fourth-order valence-electron chi connectivity index (χ4n) is 0. The quantitative estimate of drug-likeness (QED) is 0.541. The van der Waals surface area contributed by atoms with Crippen LogP contribution in [0.3, 0.4) is 0 Å². The van der Waals surface area contributed by atoms with Gasteiger partial charge in [0.15, 0.2) is 0 Å². The van der Waals surface area contributed by atoms with Crippen molar-refractivity contribution in [2.75, 3.05) is 0 Å². The average Bonchev–Trinajstić information content (AvgIpc) is 0. The van der Waals surface area contributed by atoms with Crippen molar-refractivity contribution < 1.29 is 41.7 Å². The Morgan fingerprint density at radius 1 is 0.750 bits per heavy atom. The summed E-state index contributed by atoms with van der Waals surface area (Å²) in [6.45, 7) is 0. The summed E-state index contributed by atoms with van der Waals surface area (Å²) in [5.41, 5.74) is 0. The SMILES string of the molecule is Cl.Cl.[Ce].[KH]. The van der Waals surface area contributed by atoms with Gasteiger partial charge in [-0.05, 0) is 0 Å². The van der Waals surface area contributed by atoms with Crippen LogP contribution >= 0.6 is 24.8 Å². The van der Waals surface area contributed by atoms with Crippen molar-refractivity contribution >= 4 is 76.2 Å². The standard InChI is InChI=1S/Ce.2ClH.K.H/h;2*1H;;. The zero-order valence-corrected chi connectivity index (χ0v) is 6.09. The molecule has 0 fully saturated rings. The monoisotopic (exact) mass is 252 g/mol. The van der Waals surface area contributed by atoms with Gasteiger partial charge in [-0.15, -0.1) is 24.8 Å². The van der Waals surface area contributed by atoms with Crippen molar-refractivity contribution in [2.24, 2.45) is 0 Å². The van der Waals surface area contributed by atoms with Crippen LogP contribution in [0.2, 0.25) is 0 Å². The number of rotatable bonds is 0. The van der Waals surface area contributed by atoms with Gasteiger partial charge in [-0.25, -0.2) is 0 Å². The molecule has 0 saturated carbocycles. The number of halogens is 2. The van der Waals surface area contributed by atoms with Crippen LogP contribution in [0.4, 0.5) is 0 Å². The Balaban J connectivity index is 0. The molecule has 0 saturated heterocycles. The van der Waals surface area contributed by atoms with Gasteiger partial charge in [0.1, 0.15) is 0 Å². The Morgan fingerprint density at radius 2 is 0.750 bits per heavy atom.